The predicted octanol–water partition coefficient (Wildman–Crippen LogP) is 0.886. The fourth-order valence-electron chi connectivity index (χ4n) is 2.22. The van der Waals surface area contributed by atoms with Crippen LogP contribution in [0, 0.1) is 0 Å². The molecule has 0 saturated heterocycles. The van der Waals surface area contributed by atoms with Crippen LogP contribution in [0.2, 0.25) is 0 Å². The van der Waals surface area contributed by atoms with E-state index in [-0.39, 0.29) is 9.99 Å². The van der Waals surface area contributed by atoms with E-state index >= 15 is 0 Å². The topological polar surface area (TPSA) is 119 Å². The van der Waals surface area contributed by atoms with E-state index in [9.17, 15) is 22.8 Å². The van der Waals surface area contributed by atoms with Crippen molar-refractivity contribution in [1.29, 1.82) is 0 Å². The van der Waals surface area contributed by atoms with Gasteiger partial charge in [-0.1, -0.05) is 36.4 Å². The molecule has 1 aromatic heterocycles. The summed E-state index contributed by atoms with van der Waals surface area (Å²) in [5.74, 6) is -1.78. The molecular formula is C18H20N2O6S2. The van der Waals surface area contributed by atoms with Crippen molar-refractivity contribution in [2.75, 3.05) is 13.2 Å². The number of ether oxygens (including phenoxy) is 1. The number of hydrogen-bond acceptors (Lipinski definition) is 7. The summed E-state index contributed by atoms with van der Waals surface area (Å²) in [6, 6.07) is 11.4. The van der Waals surface area contributed by atoms with Crippen LogP contribution < -0.4 is 10.0 Å². The molecular weight excluding hydrogens is 404 g/mol. The van der Waals surface area contributed by atoms with Crippen molar-refractivity contribution in [3.05, 3.63) is 53.4 Å². The van der Waals surface area contributed by atoms with Crippen LogP contribution in [0.15, 0.2) is 52.1 Å². The summed E-state index contributed by atoms with van der Waals surface area (Å²) in [6.45, 7) is 0.144. The van der Waals surface area contributed by atoms with Crippen LogP contribution in [0.3, 0.4) is 0 Å². The van der Waals surface area contributed by atoms with Gasteiger partial charge in [0.25, 0.3) is 15.9 Å². The summed E-state index contributed by atoms with van der Waals surface area (Å²) >= 11 is 1.01. The number of Topliss-reactive ketones (excluding diaryl/α,β-unsaturated/α-hetero) is 1. The summed E-state index contributed by atoms with van der Waals surface area (Å²) in [7, 11) is -3.79. The lowest BCUT2D eigenvalue weighted by Crippen LogP contribution is -2.43. The van der Waals surface area contributed by atoms with Crippen molar-refractivity contribution in [1.82, 2.24) is 10.0 Å². The van der Waals surface area contributed by atoms with Gasteiger partial charge in [-0.2, -0.15) is 4.72 Å². The number of sulfonamides is 1. The van der Waals surface area contributed by atoms with E-state index in [1.54, 1.807) is 11.4 Å². The Bertz CT molecular complexity index is 911. The smallest absolute Gasteiger partial charge is 0.321 e. The van der Waals surface area contributed by atoms with Crippen molar-refractivity contribution in [2.45, 2.75) is 23.6 Å². The molecule has 1 amide bonds. The average Bonchev–Trinajstić information content (AvgIpc) is 3.21. The first-order chi connectivity index (χ1) is 13.3. The quantitative estimate of drug-likeness (QED) is 0.547. The van der Waals surface area contributed by atoms with Crippen molar-refractivity contribution >= 4 is 39.0 Å². The molecule has 2 aromatic rings. The standard InChI is InChI=1S/C18H20N2O6S2/c1-13(21)15(10-14-6-3-2-4-7-14)20-16(22)12-26-17(23)11-19-28(24,25)18-8-5-9-27-18/h2-9,15,19H,10-12H2,1H3,(H,20,22). The first-order valence-corrected chi connectivity index (χ1v) is 10.7. The number of nitrogens with one attached hydrogen (secondary N) is 2. The van der Waals surface area contributed by atoms with E-state index in [1.165, 1.54) is 13.0 Å². The van der Waals surface area contributed by atoms with Gasteiger partial charge in [0.05, 0.1) is 6.04 Å². The van der Waals surface area contributed by atoms with Crippen molar-refractivity contribution in [3.8, 4) is 0 Å². The zero-order valence-electron chi connectivity index (χ0n) is 15.1. The Kier molecular flexibility index (Phi) is 7.85. The highest BCUT2D eigenvalue weighted by molar-refractivity contribution is 7.91. The van der Waals surface area contributed by atoms with Crippen molar-refractivity contribution < 1.29 is 27.5 Å². The van der Waals surface area contributed by atoms with Gasteiger partial charge in [-0.25, -0.2) is 8.42 Å². The van der Waals surface area contributed by atoms with Gasteiger partial charge in [0.15, 0.2) is 12.4 Å². The molecule has 1 unspecified atom stereocenters. The van der Waals surface area contributed by atoms with Crippen LogP contribution in [-0.2, 0) is 35.6 Å². The molecule has 1 aromatic carbocycles. The molecule has 28 heavy (non-hydrogen) atoms. The number of ketones is 1. The molecule has 2 rings (SSSR count). The predicted molar refractivity (Wildman–Crippen MR) is 103 cm³/mol. The number of thiophene rings is 1. The molecule has 2 N–H and O–H groups in total. The normalized spacial score (nSPS) is 12.2. The molecule has 10 heteroatoms. The summed E-state index contributed by atoms with van der Waals surface area (Å²) < 4.78 is 30.7. The van der Waals surface area contributed by atoms with Crippen LogP contribution in [0.4, 0.5) is 0 Å². The lowest BCUT2D eigenvalue weighted by atomic mass is 10.0. The molecule has 0 bridgehead atoms. The van der Waals surface area contributed by atoms with Gasteiger partial charge in [-0.05, 0) is 30.4 Å². The largest absolute Gasteiger partial charge is 0.455 e. The minimum Gasteiger partial charge on any atom is -0.455 e. The van der Waals surface area contributed by atoms with Crippen LogP contribution in [0.1, 0.15) is 12.5 Å². The summed E-state index contributed by atoms with van der Waals surface area (Å²) in [4.78, 5) is 35.4. The second kappa shape index (κ2) is 10.1. The number of hydrogen-bond donors (Lipinski definition) is 2. The molecule has 0 spiro atoms. The molecule has 0 radical (unpaired) electrons. The molecule has 0 fully saturated rings. The maximum atomic E-state index is 12.0. The molecule has 1 heterocycles. The highest BCUT2D eigenvalue weighted by Crippen LogP contribution is 2.14. The summed E-state index contributed by atoms with van der Waals surface area (Å²) in [6.07, 6.45) is 0.316. The molecule has 1 atom stereocenters. The number of amides is 1. The Balaban J connectivity index is 1.78. The highest BCUT2D eigenvalue weighted by Gasteiger charge is 2.20. The van der Waals surface area contributed by atoms with Crippen LogP contribution in [0.5, 0.6) is 0 Å². The third-order valence-electron chi connectivity index (χ3n) is 3.64. The molecule has 0 aliphatic heterocycles. The first kappa shape index (κ1) is 21.7. The van der Waals surface area contributed by atoms with Crippen LogP contribution in [0.25, 0.3) is 0 Å². The van der Waals surface area contributed by atoms with E-state index in [0.29, 0.717) is 6.42 Å². The number of carbonyl (C=O) groups excluding carboxylic acids is 3. The zero-order valence-corrected chi connectivity index (χ0v) is 16.7. The second-order valence-electron chi connectivity index (χ2n) is 5.84. The van der Waals surface area contributed by atoms with Gasteiger partial charge >= 0.3 is 5.97 Å². The van der Waals surface area contributed by atoms with E-state index in [1.807, 2.05) is 30.3 Å². The highest BCUT2D eigenvalue weighted by atomic mass is 32.2. The van der Waals surface area contributed by atoms with E-state index < -0.39 is 41.1 Å². The maximum absolute atomic E-state index is 12.0. The minimum absolute atomic E-state index is 0.0725. The Morgan fingerprint density at radius 1 is 1.11 bits per heavy atom. The Morgan fingerprint density at radius 3 is 2.43 bits per heavy atom. The fourth-order valence-corrected chi connectivity index (χ4v) is 4.23. The van der Waals surface area contributed by atoms with Gasteiger partial charge in [0, 0.05) is 0 Å². The molecule has 150 valence electrons. The zero-order chi connectivity index (χ0) is 20.6. The van der Waals surface area contributed by atoms with E-state index in [2.05, 4.69) is 10.0 Å². The van der Waals surface area contributed by atoms with Crippen LogP contribution in [-0.4, -0.2) is 45.3 Å². The molecule has 8 nitrogen and oxygen atoms in total. The molecule has 0 aliphatic rings. The number of benzene rings is 1. The fraction of sp³-hybridized carbons (Fsp3) is 0.278. The van der Waals surface area contributed by atoms with Gasteiger partial charge in [-0.3, -0.25) is 14.4 Å². The van der Waals surface area contributed by atoms with Gasteiger partial charge in [0.1, 0.15) is 10.8 Å². The first-order valence-electron chi connectivity index (χ1n) is 8.30. The van der Waals surface area contributed by atoms with Crippen LogP contribution >= 0.6 is 11.3 Å². The maximum Gasteiger partial charge on any atom is 0.321 e. The SMILES string of the molecule is CC(=O)C(Cc1ccccc1)NC(=O)COC(=O)CNS(=O)(=O)c1cccs1. The number of carbonyl (C=O) groups is 3. The third-order valence-corrected chi connectivity index (χ3v) is 6.44. The average molecular weight is 425 g/mol. The van der Waals surface area contributed by atoms with Gasteiger partial charge < -0.3 is 10.1 Å². The van der Waals surface area contributed by atoms with Gasteiger partial charge in [0.2, 0.25) is 0 Å². The summed E-state index contributed by atoms with van der Waals surface area (Å²) in [5.41, 5.74) is 0.878. The Hall–Kier alpha value is -2.56. The Morgan fingerprint density at radius 2 is 1.82 bits per heavy atom. The van der Waals surface area contributed by atoms with Crippen molar-refractivity contribution in [2.24, 2.45) is 0 Å². The Labute approximate surface area is 167 Å². The molecule has 0 saturated carbocycles. The lowest BCUT2D eigenvalue weighted by Gasteiger charge is -2.16. The third kappa shape index (κ3) is 6.87. The van der Waals surface area contributed by atoms with Gasteiger partial charge in [-0.15, -0.1) is 11.3 Å². The van der Waals surface area contributed by atoms with Crippen molar-refractivity contribution in [3.63, 3.8) is 0 Å². The number of rotatable bonds is 10. The minimum atomic E-state index is -3.79. The van der Waals surface area contributed by atoms with E-state index in [4.69, 9.17) is 4.74 Å². The molecule has 0 aliphatic carbocycles. The number of esters is 1. The summed E-state index contributed by atoms with van der Waals surface area (Å²) in [5, 5.41) is 4.11. The monoisotopic (exact) mass is 424 g/mol. The second-order valence-corrected chi connectivity index (χ2v) is 8.78. The van der Waals surface area contributed by atoms with E-state index in [0.717, 1.165) is 16.9 Å². The lowest BCUT2D eigenvalue weighted by molar-refractivity contribution is -0.147.